The molecule has 0 saturated carbocycles. The maximum atomic E-state index is 12.8. The molecule has 0 saturated heterocycles. The minimum absolute atomic E-state index is 0.0189. The van der Waals surface area contributed by atoms with E-state index in [4.69, 9.17) is 16.3 Å². The van der Waals surface area contributed by atoms with E-state index in [-0.39, 0.29) is 21.2 Å². The number of carbonyl (C=O) groups excluding carboxylic acids is 1. The van der Waals surface area contributed by atoms with E-state index in [1.165, 1.54) is 43.8 Å². The number of ether oxygens (including phenoxy) is 1. The Balaban J connectivity index is 2.31. The summed E-state index contributed by atoms with van der Waals surface area (Å²) in [6.45, 7) is 4.51. The number of benzene rings is 1. The van der Waals surface area contributed by atoms with E-state index < -0.39 is 15.9 Å². The predicted octanol–water partition coefficient (Wildman–Crippen LogP) is 3.32. The molecule has 0 atom stereocenters. The van der Waals surface area contributed by atoms with Crippen LogP contribution in [-0.2, 0) is 10.0 Å². The smallest absolute Gasteiger partial charge is 0.262 e. The molecule has 1 heterocycles. The van der Waals surface area contributed by atoms with E-state index in [1.807, 2.05) is 13.8 Å². The van der Waals surface area contributed by atoms with Crippen molar-refractivity contribution in [3.05, 3.63) is 47.2 Å². The molecule has 27 heavy (non-hydrogen) atoms. The SMILES string of the molecule is COc1cncc(NS(=O)(=O)c2ccc(Cl)cc2C(=O)NCCC(C)C)c1. The van der Waals surface area contributed by atoms with Crippen molar-refractivity contribution in [3.8, 4) is 5.75 Å². The number of nitrogens with one attached hydrogen (secondary N) is 2. The van der Waals surface area contributed by atoms with Gasteiger partial charge in [-0.3, -0.25) is 14.5 Å². The molecule has 0 spiro atoms. The second-order valence-corrected chi connectivity index (χ2v) is 8.39. The second-order valence-electron chi connectivity index (χ2n) is 6.30. The van der Waals surface area contributed by atoms with Crippen LogP contribution in [0.5, 0.6) is 5.75 Å². The van der Waals surface area contributed by atoms with Crippen molar-refractivity contribution < 1.29 is 17.9 Å². The van der Waals surface area contributed by atoms with E-state index >= 15 is 0 Å². The van der Waals surface area contributed by atoms with Crippen molar-refractivity contribution in [3.63, 3.8) is 0 Å². The van der Waals surface area contributed by atoms with Crippen LogP contribution in [0.1, 0.15) is 30.6 Å². The fourth-order valence-corrected chi connectivity index (χ4v) is 3.67. The molecular weight excluding hydrogens is 390 g/mol. The second kappa shape index (κ2) is 9.05. The van der Waals surface area contributed by atoms with Gasteiger partial charge in [-0.05, 0) is 30.5 Å². The number of halogens is 1. The van der Waals surface area contributed by atoms with Crippen LogP contribution in [-0.4, -0.2) is 33.0 Å². The van der Waals surface area contributed by atoms with Crippen molar-refractivity contribution in [1.82, 2.24) is 10.3 Å². The molecule has 146 valence electrons. The Morgan fingerprint density at radius 2 is 2.00 bits per heavy atom. The third-order valence-corrected chi connectivity index (χ3v) is 5.36. The summed E-state index contributed by atoms with van der Waals surface area (Å²) < 4.78 is 33.1. The van der Waals surface area contributed by atoms with Crippen molar-refractivity contribution in [2.75, 3.05) is 18.4 Å². The number of anilines is 1. The fourth-order valence-electron chi connectivity index (χ4n) is 2.28. The standard InChI is InChI=1S/C18H22ClN3O4S/c1-12(2)6-7-21-18(23)16-8-13(19)4-5-17(16)27(24,25)22-14-9-15(26-3)11-20-10-14/h4-5,8-12,22H,6-7H2,1-3H3,(H,21,23). The third-order valence-electron chi connectivity index (χ3n) is 3.68. The van der Waals surface area contributed by atoms with E-state index in [9.17, 15) is 13.2 Å². The van der Waals surface area contributed by atoms with Crippen LogP contribution in [0.25, 0.3) is 0 Å². The number of hydrogen-bond donors (Lipinski definition) is 2. The molecule has 7 nitrogen and oxygen atoms in total. The lowest BCUT2D eigenvalue weighted by Gasteiger charge is -2.14. The quantitative estimate of drug-likeness (QED) is 0.694. The average Bonchev–Trinajstić information content (AvgIpc) is 2.60. The average molecular weight is 412 g/mol. The van der Waals surface area contributed by atoms with Gasteiger partial charge < -0.3 is 10.1 Å². The van der Waals surface area contributed by atoms with Crippen LogP contribution in [0.4, 0.5) is 5.69 Å². The van der Waals surface area contributed by atoms with Crippen LogP contribution < -0.4 is 14.8 Å². The molecule has 1 aromatic heterocycles. The van der Waals surface area contributed by atoms with Crippen molar-refractivity contribution in [2.24, 2.45) is 5.92 Å². The van der Waals surface area contributed by atoms with Gasteiger partial charge >= 0.3 is 0 Å². The van der Waals surface area contributed by atoms with E-state index in [1.54, 1.807) is 0 Å². The summed E-state index contributed by atoms with van der Waals surface area (Å²) in [6, 6.07) is 5.55. The monoisotopic (exact) mass is 411 g/mol. The lowest BCUT2D eigenvalue weighted by molar-refractivity contribution is 0.0948. The molecule has 1 amide bonds. The number of nitrogens with zero attached hydrogens (tertiary/aromatic N) is 1. The van der Waals surface area contributed by atoms with Crippen LogP contribution in [0.3, 0.4) is 0 Å². The zero-order chi connectivity index (χ0) is 20.0. The first-order valence-corrected chi connectivity index (χ1v) is 10.2. The molecule has 0 unspecified atom stereocenters. The number of pyridine rings is 1. The number of methoxy groups -OCH3 is 1. The summed E-state index contributed by atoms with van der Waals surface area (Å²) in [7, 11) is -2.58. The molecule has 2 aromatic rings. The van der Waals surface area contributed by atoms with Gasteiger partial charge in [0.15, 0.2) is 0 Å². The molecule has 0 aliphatic carbocycles. The van der Waals surface area contributed by atoms with Crippen LogP contribution in [0, 0.1) is 5.92 Å². The Labute approximate surface area is 164 Å². The van der Waals surface area contributed by atoms with E-state index in [0.29, 0.717) is 18.2 Å². The molecular formula is C18H22ClN3O4S. The summed E-state index contributed by atoms with van der Waals surface area (Å²) in [4.78, 5) is 16.2. The summed E-state index contributed by atoms with van der Waals surface area (Å²) in [6.07, 6.45) is 3.58. The van der Waals surface area contributed by atoms with Gasteiger partial charge in [0.05, 0.1) is 30.8 Å². The summed E-state index contributed by atoms with van der Waals surface area (Å²) in [5, 5.41) is 3.00. The minimum Gasteiger partial charge on any atom is -0.495 e. The highest BCUT2D eigenvalue weighted by Crippen LogP contribution is 2.24. The molecule has 0 fully saturated rings. The number of sulfonamides is 1. The number of aromatic nitrogens is 1. The highest BCUT2D eigenvalue weighted by molar-refractivity contribution is 7.92. The third kappa shape index (κ3) is 5.83. The van der Waals surface area contributed by atoms with Gasteiger partial charge in [-0.25, -0.2) is 8.42 Å². The Morgan fingerprint density at radius 3 is 2.67 bits per heavy atom. The van der Waals surface area contributed by atoms with Crippen molar-refractivity contribution >= 4 is 33.2 Å². The van der Waals surface area contributed by atoms with E-state index in [0.717, 1.165) is 6.42 Å². The first-order chi connectivity index (χ1) is 12.7. The van der Waals surface area contributed by atoms with Gasteiger partial charge in [0, 0.05) is 17.6 Å². The van der Waals surface area contributed by atoms with Crippen molar-refractivity contribution in [2.45, 2.75) is 25.2 Å². The van der Waals surface area contributed by atoms with E-state index in [2.05, 4.69) is 15.0 Å². The Hall–Kier alpha value is -2.32. The highest BCUT2D eigenvalue weighted by atomic mass is 35.5. The molecule has 2 rings (SSSR count). The van der Waals surface area contributed by atoms with Crippen LogP contribution in [0.2, 0.25) is 5.02 Å². The lowest BCUT2D eigenvalue weighted by atomic mass is 10.1. The zero-order valence-electron chi connectivity index (χ0n) is 15.3. The number of rotatable bonds is 8. The van der Waals surface area contributed by atoms with Gasteiger partial charge in [-0.15, -0.1) is 0 Å². The Bertz CT molecular complexity index is 917. The summed E-state index contributed by atoms with van der Waals surface area (Å²) in [5.41, 5.74) is 0.199. The first kappa shape index (κ1) is 21.0. The lowest BCUT2D eigenvalue weighted by Crippen LogP contribution is -2.28. The molecule has 0 aliphatic rings. The Kier molecular flexibility index (Phi) is 7.04. The number of amides is 1. The normalized spacial score (nSPS) is 11.3. The largest absolute Gasteiger partial charge is 0.495 e. The highest BCUT2D eigenvalue weighted by Gasteiger charge is 2.23. The van der Waals surface area contributed by atoms with Gasteiger partial charge in [0.1, 0.15) is 10.6 Å². The maximum absolute atomic E-state index is 12.8. The van der Waals surface area contributed by atoms with Gasteiger partial charge in [0.25, 0.3) is 15.9 Å². The van der Waals surface area contributed by atoms with Gasteiger partial charge in [0.2, 0.25) is 0 Å². The number of carbonyl (C=O) groups is 1. The first-order valence-electron chi connectivity index (χ1n) is 8.32. The minimum atomic E-state index is -4.04. The topological polar surface area (TPSA) is 97.4 Å². The predicted molar refractivity (Wildman–Crippen MR) is 105 cm³/mol. The van der Waals surface area contributed by atoms with Gasteiger partial charge in [-0.2, -0.15) is 0 Å². The molecule has 0 radical (unpaired) electrons. The maximum Gasteiger partial charge on any atom is 0.262 e. The summed E-state index contributed by atoms with van der Waals surface area (Å²) >= 11 is 5.97. The van der Waals surface area contributed by atoms with Gasteiger partial charge in [-0.1, -0.05) is 25.4 Å². The molecule has 9 heteroatoms. The number of hydrogen-bond acceptors (Lipinski definition) is 5. The zero-order valence-corrected chi connectivity index (χ0v) is 16.9. The Morgan fingerprint density at radius 1 is 1.26 bits per heavy atom. The summed E-state index contributed by atoms with van der Waals surface area (Å²) in [5.74, 6) is 0.315. The molecule has 2 N–H and O–H groups in total. The molecule has 0 bridgehead atoms. The fraction of sp³-hybridized carbons (Fsp3) is 0.333. The van der Waals surface area contributed by atoms with Crippen LogP contribution >= 0.6 is 11.6 Å². The molecule has 1 aromatic carbocycles. The van der Waals surface area contributed by atoms with Crippen LogP contribution in [0.15, 0.2) is 41.6 Å². The van der Waals surface area contributed by atoms with Crippen molar-refractivity contribution in [1.29, 1.82) is 0 Å². The molecule has 0 aliphatic heterocycles.